The topological polar surface area (TPSA) is 125 Å². The first-order valence-corrected chi connectivity index (χ1v) is 6.90. The molecule has 104 valence electrons. The zero-order valence-corrected chi connectivity index (χ0v) is 10.9. The van der Waals surface area contributed by atoms with E-state index in [1.54, 1.807) is 0 Å². The largest absolute Gasteiger partial charge is 0.478 e. The van der Waals surface area contributed by atoms with Gasteiger partial charge in [-0.1, -0.05) is 0 Å². The van der Waals surface area contributed by atoms with Crippen LogP contribution in [0, 0.1) is 0 Å². The number of amides is 1. The second-order valence-corrected chi connectivity index (χ2v) is 5.53. The lowest BCUT2D eigenvalue weighted by Crippen LogP contribution is -2.34. The third kappa shape index (κ3) is 4.30. The van der Waals surface area contributed by atoms with Crippen LogP contribution in [0.2, 0.25) is 0 Å². The molecule has 1 heterocycles. The maximum Gasteiger partial charge on any atom is 0.338 e. The minimum absolute atomic E-state index is 0.141. The Balaban J connectivity index is 2.72. The number of rotatable bonds is 6. The molecule has 3 N–H and O–H groups in total. The number of nitrogens with zero attached hydrogens (tertiary/aromatic N) is 1. The summed E-state index contributed by atoms with van der Waals surface area (Å²) in [5.41, 5.74) is -0.492. The average molecular weight is 287 g/mol. The lowest BCUT2D eigenvalue weighted by molar-refractivity contribution is 0.0690. The third-order valence-corrected chi connectivity index (χ3v) is 3.58. The van der Waals surface area contributed by atoms with Crippen LogP contribution in [0.15, 0.2) is 18.3 Å². The summed E-state index contributed by atoms with van der Waals surface area (Å²) in [6.07, 6.45) is 1.28. The molecule has 0 aliphatic carbocycles. The van der Waals surface area contributed by atoms with E-state index in [0.717, 1.165) is 0 Å². The van der Waals surface area contributed by atoms with Gasteiger partial charge in [0.25, 0.3) is 5.91 Å². The number of carbonyl (C=O) groups excluding carboxylic acids is 1. The second kappa shape index (κ2) is 6.25. The van der Waals surface area contributed by atoms with Gasteiger partial charge in [-0.15, -0.1) is 0 Å². The first-order valence-electron chi connectivity index (χ1n) is 5.25. The number of carbonyl (C=O) groups is 2. The molecule has 1 aromatic rings. The van der Waals surface area contributed by atoms with Crippen molar-refractivity contribution < 1.29 is 23.1 Å². The molecular weight excluding hydrogens is 274 g/mol. The van der Waals surface area contributed by atoms with Crippen LogP contribution in [0.25, 0.3) is 0 Å². The van der Waals surface area contributed by atoms with E-state index in [9.17, 15) is 18.0 Å². The molecule has 0 bridgehead atoms. The van der Waals surface area contributed by atoms with Crippen LogP contribution >= 0.6 is 0 Å². The number of hydrogen-bond acceptors (Lipinski definition) is 5. The summed E-state index contributed by atoms with van der Waals surface area (Å²) in [4.78, 5) is 26.2. The average Bonchev–Trinajstić information content (AvgIpc) is 2.38. The molecule has 0 atom stereocenters. The Bertz CT molecular complexity index is 585. The SMILES string of the molecule is CNS(=O)(=O)CCNC(=O)c1ncccc1C(=O)O. The van der Waals surface area contributed by atoms with Gasteiger partial charge in [-0.2, -0.15) is 0 Å². The molecule has 0 saturated heterocycles. The number of aromatic nitrogens is 1. The van der Waals surface area contributed by atoms with E-state index in [4.69, 9.17) is 5.11 Å². The molecule has 0 spiro atoms. The molecule has 0 unspecified atom stereocenters. The zero-order chi connectivity index (χ0) is 14.5. The van der Waals surface area contributed by atoms with Gasteiger partial charge < -0.3 is 10.4 Å². The second-order valence-electron chi connectivity index (χ2n) is 3.48. The molecule has 19 heavy (non-hydrogen) atoms. The number of hydrogen-bond donors (Lipinski definition) is 3. The fourth-order valence-corrected chi connectivity index (χ4v) is 1.82. The van der Waals surface area contributed by atoms with Gasteiger partial charge in [0.05, 0.1) is 11.3 Å². The van der Waals surface area contributed by atoms with Crippen LogP contribution in [0.3, 0.4) is 0 Å². The summed E-state index contributed by atoms with van der Waals surface area (Å²) in [5, 5.41) is 11.2. The number of nitrogens with one attached hydrogen (secondary N) is 2. The van der Waals surface area contributed by atoms with Gasteiger partial charge in [-0.25, -0.2) is 17.9 Å². The maximum absolute atomic E-state index is 11.7. The minimum Gasteiger partial charge on any atom is -0.478 e. The van der Waals surface area contributed by atoms with E-state index in [0.29, 0.717) is 0 Å². The van der Waals surface area contributed by atoms with Crippen molar-refractivity contribution >= 4 is 21.9 Å². The van der Waals surface area contributed by atoms with Gasteiger partial charge in [-0.3, -0.25) is 9.78 Å². The van der Waals surface area contributed by atoms with Crippen LogP contribution in [-0.4, -0.2) is 49.7 Å². The molecule has 1 amide bonds. The van der Waals surface area contributed by atoms with Crippen molar-refractivity contribution in [2.75, 3.05) is 19.3 Å². The third-order valence-electron chi connectivity index (χ3n) is 2.22. The molecule has 0 fully saturated rings. The van der Waals surface area contributed by atoms with Crippen LogP contribution in [0.4, 0.5) is 0 Å². The number of carboxylic acid groups (broad SMARTS) is 1. The Kier molecular flexibility index (Phi) is 4.95. The Labute approximate surface area is 109 Å². The predicted molar refractivity (Wildman–Crippen MR) is 66.4 cm³/mol. The molecule has 9 heteroatoms. The molecule has 0 aromatic carbocycles. The highest BCUT2D eigenvalue weighted by Gasteiger charge is 2.17. The smallest absolute Gasteiger partial charge is 0.338 e. The maximum atomic E-state index is 11.7. The number of sulfonamides is 1. The zero-order valence-electron chi connectivity index (χ0n) is 10.1. The normalized spacial score (nSPS) is 11.0. The van der Waals surface area contributed by atoms with Crippen molar-refractivity contribution in [2.45, 2.75) is 0 Å². The van der Waals surface area contributed by atoms with Crippen molar-refractivity contribution in [3.63, 3.8) is 0 Å². The Morgan fingerprint density at radius 1 is 1.42 bits per heavy atom. The quantitative estimate of drug-likeness (QED) is 0.620. The highest BCUT2D eigenvalue weighted by Crippen LogP contribution is 2.04. The summed E-state index contributed by atoms with van der Waals surface area (Å²) in [6.45, 7) is -0.141. The van der Waals surface area contributed by atoms with Crippen molar-refractivity contribution in [1.29, 1.82) is 0 Å². The highest BCUT2D eigenvalue weighted by molar-refractivity contribution is 7.89. The van der Waals surface area contributed by atoms with Crippen molar-refractivity contribution in [1.82, 2.24) is 15.0 Å². The van der Waals surface area contributed by atoms with Crippen molar-refractivity contribution in [3.8, 4) is 0 Å². The van der Waals surface area contributed by atoms with Gasteiger partial charge >= 0.3 is 5.97 Å². The van der Waals surface area contributed by atoms with Gasteiger partial charge in [0.2, 0.25) is 10.0 Å². The number of carboxylic acids is 1. The molecule has 0 radical (unpaired) electrons. The Morgan fingerprint density at radius 2 is 2.11 bits per heavy atom. The summed E-state index contributed by atoms with van der Waals surface area (Å²) >= 11 is 0. The van der Waals surface area contributed by atoms with Crippen LogP contribution in [0.1, 0.15) is 20.8 Å². The lowest BCUT2D eigenvalue weighted by Gasteiger charge is -2.06. The predicted octanol–water partition coefficient (Wildman–Crippen LogP) is -0.941. The van der Waals surface area contributed by atoms with Gasteiger partial charge in [0.1, 0.15) is 5.69 Å². The van der Waals surface area contributed by atoms with Gasteiger partial charge in [0.15, 0.2) is 0 Å². The molecule has 0 saturated carbocycles. The van der Waals surface area contributed by atoms with E-state index >= 15 is 0 Å². The van der Waals surface area contributed by atoms with E-state index in [1.807, 2.05) is 0 Å². The Morgan fingerprint density at radius 3 is 2.68 bits per heavy atom. The number of aromatic carboxylic acids is 1. The summed E-state index contributed by atoms with van der Waals surface area (Å²) < 4.78 is 24.3. The van der Waals surface area contributed by atoms with Crippen molar-refractivity contribution in [3.05, 3.63) is 29.6 Å². The first-order chi connectivity index (χ1) is 8.87. The summed E-state index contributed by atoms with van der Waals surface area (Å²) in [6, 6.07) is 2.64. The molecule has 0 aliphatic heterocycles. The fraction of sp³-hybridized carbons (Fsp3) is 0.300. The first kappa shape index (κ1) is 15.1. The van der Waals surface area contributed by atoms with E-state index in [-0.39, 0.29) is 23.6 Å². The van der Waals surface area contributed by atoms with Crippen LogP contribution in [0.5, 0.6) is 0 Å². The van der Waals surface area contributed by atoms with E-state index in [2.05, 4.69) is 15.0 Å². The monoisotopic (exact) mass is 287 g/mol. The minimum atomic E-state index is -3.43. The van der Waals surface area contributed by atoms with E-state index < -0.39 is 21.9 Å². The molecule has 8 nitrogen and oxygen atoms in total. The molecular formula is C10H13N3O5S. The lowest BCUT2D eigenvalue weighted by atomic mass is 10.2. The van der Waals surface area contributed by atoms with Gasteiger partial charge in [-0.05, 0) is 19.2 Å². The molecule has 1 rings (SSSR count). The van der Waals surface area contributed by atoms with Crippen LogP contribution in [-0.2, 0) is 10.0 Å². The molecule has 1 aromatic heterocycles. The summed E-state index contributed by atoms with van der Waals surface area (Å²) in [7, 11) is -2.16. The van der Waals surface area contributed by atoms with Gasteiger partial charge in [0, 0.05) is 12.7 Å². The fourth-order valence-electron chi connectivity index (χ4n) is 1.24. The number of pyridine rings is 1. The van der Waals surface area contributed by atoms with Crippen LogP contribution < -0.4 is 10.0 Å². The Hall–Kier alpha value is -2.00. The van der Waals surface area contributed by atoms with Crippen molar-refractivity contribution in [2.24, 2.45) is 0 Å². The standard InChI is InChI=1S/C10H13N3O5S/c1-11-19(17,18)6-5-13-9(14)8-7(10(15)16)3-2-4-12-8/h2-4,11H,5-6H2,1H3,(H,13,14)(H,15,16). The van der Waals surface area contributed by atoms with E-state index in [1.165, 1.54) is 25.4 Å². The highest BCUT2D eigenvalue weighted by atomic mass is 32.2. The molecule has 0 aliphatic rings. The summed E-state index contributed by atoms with van der Waals surface area (Å²) in [5.74, 6) is -2.31.